The van der Waals surface area contributed by atoms with Crippen LogP contribution >= 0.6 is 0 Å². The van der Waals surface area contributed by atoms with Crippen molar-refractivity contribution in [1.82, 2.24) is 5.32 Å². The fourth-order valence-electron chi connectivity index (χ4n) is 2.83. The normalized spacial score (nSPS) is 22.4. The highest BCUT2D eigenvalue weighted by Crippen LogP contribution is 2.32. The molecular formula is C16H24N2O. The average Bonchev–Trinajstić information content (AvgIpc) is 2.90. The summed E-state index contributed by atoms with van der Waals surface area (Å²) in [6.07, 6.45) is 3.97. The monoisotopic (exact) mass is 260 g/mol. The van der Waals surface area contributed by atoms with Gasteiger partial charge < -0.3 is 10.6 Å². The zero-order valence-electron chi connectivity index (χ0n) is 12.0. The number of nitrogens with one attached hydrogen (secondary N) is 2. The molecule has 2 rings (SSSR count). The van der Waals surface area contributed by atoms with E-state index in [0.717, 1.165) is 44.5 Å². The van der Waals surface area contributed by atoms with Crippen molar-refractivity contribution < 1.29 is 4.79 Å². The van der Waals surface area contributed by atoms with Crippen molar-refractivity contribution in [2.75, 3.05) is 18.4 Å². The first-order chi connectivity index (χ1) is 9.20. The maximum atomic E-state index is 12.5. The van der Waals surface area contributed by atoms with Crippen LogP contribution in [0.5, 0.6) is 0 Å². The van der Waals surface area contributed by atoms with Gasteiger partial charge in [-0.3, -0.25) is 4.79 Å². The van der Waals surface area contributed by atoms with Crippen LogP contribution < -0.4 is 10.6 Å². The number of carbonyl (C=O) groups is 1. The van der Waals surface area contributed by atoms with Gasteiger partial charge in [0, 0.05) is 12.2 Å². The van der Waals surface area contributed by atoms with Gasteiger partial charge in [0.05, 0.1) is 5.41 Å². The Morgan fingerprint density at radius 3 is 2.58 bits per heavy atom. The first-order valence-electron chi connectivity index (χ1n) is 7.31. The third kappa shape index (κ3) is 3.16. The molecule has 3 heteroatoms. The standard InChI is InChI=1S/C16H24N2O/c1-3-9-16(10-11-17-12-16)15(19)18-14-7-5-13(4-2)6-8-14/h5-8,17H,3-4,9-12H2,1-2H3,(H,18,19). The predicted octanol–water partition coefficient (Wildman–Crippen LogP) is 2.97. The molecule has 1 amide bonds. The number of hydrogen-bond donors (Lipinski definition) is 2. The summed E-state index contributed by atoms with van der Waals surface area (Å²) in [5.41, 5.74) is 1.99. The van der Waals surface area contributed by atoms with Gasteiger partial charge in [-0.05, 0) is 43.5 Å². The summed E-state index contributed by atoms with van der Waals surface area (Å²) < 4.78 is 0. The summed E-state index contributed by atoms with van der Waals surface area (Å²) in [4.78, 5) is 12.5. The molecule has 1 aromatic carbocycles. The van der Waals surface area contributed by atoms with Gasteiger partial charge in [-0.2, -0.15) is 0 Å². The SMILES string of the molecule is CCCC1(C(=O)Nc2ccc(CC)cc2)CCNC1. The summed E-state index contributed by atoms with van der Waals surface area (Å²) in [7, 11) is 0. The molecule has 1 aliphatic heterocycles. The minimum absolute atomic E-state index is 0.170. The minimum Gasteiger partial charge on any atom is -0.326 e. The van der Waals surface area contributed by atoms with E-state index in [1.165, 1.54) is 5.56 Å². The highest BCUT2D eigenvalue weighted by Gasteiger charge is 2.40. The van der Waals surface area contributed by atoms with E-state index in [-0.39, 0.29) is 11.3 Å². The van der Waals surface area contributed by atoms with E-state index in [1.54, 1.807) is 0 Å². The molecule has 1 saturated heterocycles. The van der Waals surface area contributed by atoms with Gasteiger partial charge in [0.15, 0.2) is 0 Å². The van der Waals surface area contributed by atoms with Crippen LogP contribution in [0.25, 0.3) is 0 Å². The molecule has 0 aromatic heterocycles. The number of amides is 1. The van der Waals surface area contributed by atoms with Crippen molar-refractivity contribution in [2.24, 2.45) is 5.41 Å². The second-order valence-electron chi connectivity index (χ2n) is 5.46. The van der Waals surface area contributed by atoms with E-state index < -0.39 is 0 Å². The van der Waals surface area contributed by atoms with Crippen molar-refractivity contribution in [3.63, 3.8) is 0 Å². The molecule has 1 fully saturated rings. The lowest BCUT2D eigenvalue weighted by Gasteiger charge is -2.26. The topological polar surface area (TPSA) is 41.1 Å². The number of hydrogen-bond acceptors (Lipinski definition) is 2. The number of benzene rings is 1. The summed E-state index contributed by atoms with van der Waals surface area (Å²) >= 11 is 0. The summed E-state index contributed by atoms with van der Waals surface area (Å²) in [5.74, 6) is 0.170. The molecular weight excluding hydrogens is 236 g/mol. The van der Waals surface area contributed by atoms with Crippen molar-refractivity contribution in [2.45, 2.75) is 39.5 Å². The highest BCUT2D eigenvalue weighted by molar-refractivity contribution is 5.95. The molecule has 0 spiro atoms. The van der Waals surface area contributed by atoms with E-state index in [2.05, 4.69) is 36.6 Å². The second-order valence-corrected chi connectivity index (χ2v) is 5.46. The van der Waals surface area contributed by atoms with E-state index in [1.807, 2.05) is 12.1 Å². The molecule has 3 nitrogen and oxygen atoms in total. The lowest BCUT2D eigenvalue weighted by Crippen LogP contribution is -2.38. The largest absolute Gasteiger partial charge is 0.326 e. The Labute approximate surface area is 115 Å². The van der Waals surface area contributed by atoms with Crippen LogP contribution in [0.1, 0.15) is 38.7 Å². The zero-order chi connectivity index (χ0) is 13.7. The van der Waals surface area contributed by atoms with Crippen LogP contribution in [0.15, 0.2) is 24.3 Å². The Bertz CT molecular complexity index is 419. The van der Waals surface area contributed by atoms with E-state index in [0.29, 0.717) is 0 Å². The van der Waals surface area contributed by atoms with Crippen molar-refractivity contribution in [3.05, 3.63) is 29.8 Å². The molecule has 1 heterocycles. The van der Waals surface area contributed by atoms with E-state index in [9.17, 15) is 4.79 Å². The van der Waals surface area contributed by atoms with Gasteiger partial charge in [-0.1, -0.05) is 32.4 Å². The molecule has 0 bridgehead atoms. The molecule has 104 valence electrons. The first kappa shape index (κ1) is 14.1. The first-order valence-corrected chi connectivity index (χ1v) is 7.31. The number of rotatable bonds is 5. The summed E-state index contributed by atoms with van der Waals surface area (Å²) in [5, 5.41) is 6.40. The Kier molecular flexibility index (Phi) is 4.59. The van der Waals surface area contributed by atoms with Gasteiger partial charge >= 0.3 is 0 Å². The average molecular weight is 260 g/mol. The molecule has 1 unspecified atom stereocenters. The summed E-state index contributed by atoms with van der Waals surface area (Å²) in [6.45, 7) is 6.03. The van der Waals surface area contributed by atoms with Crippen LogP contribution in [0, 0.1) is 5.41 Å². The Morgan fingerprint density at radius 2 is 2.05 bits per heavy atom. The smallest absolute Gasteiger partial charge is 0.231 e. The van der Waals surface area contributed by atoms with Crippen LogP contribution in [0.2, 0.25) is 0 Å². The van der Waals surface area contributed by atoms with Crippen LogP contribution in [0.4, 0.5) is 5.69 Å². The van der Waals surface area contributed by atoms with Crippen molar-refractivity contribution in [1.29, 1.82) is 0 Å². The molecule has 1 aliphatic rings. The Balaban J connectivity index is 2.05. The molecule has 1 aromatic rings. The van der Waals surface area contributed by atoms with Gasteiger partial charge in [-0.15, -0.1) is 0 Å². The lowest BCUT2D eigenvalue weighted by molar-refractivity contribution is -0.125. The Hall–Kier alpha value is -1.35. The summed E-state index contributed by atoms with van der Waals surface area (Å²) in [6, 6.07) is 8.15. The number of carbonyl (C=O) groups excluding carboxylic acids is 1. The third-order valence-electron chi connectivity index (χ3n) is 4.07. The van der Waals surface area contributed by atoms with Gasteiger partial charge in [0.25, 0.3) is 0 Å². The zero-order valence-corrected chi connectivity index (χ0v) is 12.0. The van der Waals surface area contributed by atoms with Crippen LogP contribution in [0.3, 0.4) is 0 Å². The van der Waals surface area contributed by atoms with Crippen LogP contribution in [-0.2, 0) is 11.2 Å². The van der Waals surface area contributed by atoms with Gasteiger partial charge in [0.1, 0.15) is 0 Å². The molecule has 19 heavy (non-hydrogen) atoms. The maximum Gasteiger partial charge on any atom is 0.231 e. The second kappa shape index (κ2) is 6.20. The van der Waals surface area contributed by atoms with Gasteiger partial charge in [0.2, 0.25) is 5.91 Å². The maximum absolute atomic E-state index is 12.5. The molecule has 0 aliphatic carbocycles. The predicted molar refractivity (Wildman–Crippen MR) is 79.3 cm³/mol. The van der Waals surface area contributed by atoms with Crippen molar-refractivity contribution in [3.8, 4) is 0 Å². The quantitative estimate of drug-likeness (QED) is 0.854. The van der Waals surface area contributed by atoms with E-state index >= 15 is 0 Å². The highest BCUT2D eigenvalue weighted by atomic mass is 16.2. The fraction of sp³-hybridized carbons (Fsp3) is 0.562. The Morgan fingerprint density at radius 1 is 1.32 bits per heavy atom. The van der Waals surface area contributed by atoms with Crippen molar-refractivity contribution >= 4 is 11.6 Å². The minimum atomic E-state index is -0.210. The fourth-order valence-corrected chi connectivity index (χ4v) is 2.83. The molecule has 2 N–H and O–H groups in total. The van der Waals surface area contributed by atoms with Crippen LogP contribution in [-0.4, -0.2) is 19.0 Å². The number of aryl methyl sites for hydroxylation is 1. The lowest BCUT2D eigenvalue weighted by atomic mass is 9.81. The van der Waals surface area contributed by atoms with E-state index in [4.69, 9.17) is 0 Å². The number of anilines is 1. The third-order valence-corrected chi connectivity index (χ3v) is 4.07. The molecule has 0 radical (unpaired) electrons. The molecule has 0 saturated carbocycles. The molecule has 1 atom stereocenters. The van der Waals surface area contributed by atoms with Gasteiger partial charge in [-0.25, -0.2) is 0 Å².